The molecule has 0 aliphatic rings. The molecule has 0 saturated carbocycles. The Morgan fingerprint density at radius 1 is 1.32 bits per heavy atom. The fourth-order valence-corrected chi connectivity index (χ4v) is 2.21. The van der Waals surface area contributed by atoms with Gasteiger partial charge in [0.2, 0.25) is 5.89 Å². The molecule has 2 aromatic heterocycles. The van der Waals surface area contributed by atoms with Crippen LogP contribution in [-0.2, 0) is 6.54 Å². The fourth-order valence-electron chi connectivity index (χ4n) is 1.83. The van der Waals surface area contributed by atoms with E-state index < -0.39 is 0 Å². The van der Waals surface area contributed by atoms with Crippen molar-refractivity contribution < 1.29 is 4.42 Å². The molecule has 0 aliphatic heterocycles. The highest BCUT2D eigenvalue weighted by Crippen LogP contribution is 2.18. The second-order valence-electron chi connectivity index (χ2n) is 4.15. The Hall–Kier alpha value is -2.08. The van der Waals surface area contributed by atoms with Gasteiger partial charge in [-0.15, -0.1) is 0 Å². The molecule has 2 N–H and O–H groups in total. The predicted molar refractivity (Wildman–Crippen MR) is 75.9 cm³/mol. The number of oxazole rings is 1. The lowest BCUT2D eigenvalue weighted by atomic mass is 10.3. The Morgan fingerprint density at radius 3 is 3.00 bits per heavy atom. The average Bonchev–Trinajstić information content (AvgIpc) is 2.75. The Bertz CT molecular complexity index is 807. The number of hydrogen-bond acceptors (Lipinski definition) is 4. The third kappa shape index (κ3) is 2.39. The van der Waals surface area contributed by atoms with Crippen LogP contribution in [-0.4, -0.2) is 9.55 Å². The van der Waals surface area contributed by atoms with Gasteiger partial charge in [0.25, 0.3) is 5.56 Å². The van der Waals surface area contributed by atoms with Crippen LogP contribution in [0.25, 0.3) is 11.1 Å². The SMILES string of the molecule is Nc1ccc2nc(Cn3cc(Br)ccc3=O)oc2c1. The van der Waals surface area contributed by atoms with Crippen LogP contribution in [0.4, 0.5) is 5.69 Å². The number of hydrogen-bond donors (Lipinski definition) is 1. The van der Waals surface area contributed by atoms with Crippen LogP contribution in [0.15, 0.2) is 50.2 Å². The molecule has 0 fully saturated rings. The maximum absolute atomic E-state index is 11.7. The quantitative estimate of drug-likeness (QED) is 0.736. The molecule has 2 heterocycles. The van der Waals surface area contributed by atoms with Crippen molar-refractivity contribution in [1.29, 1.82) is 0 Å². The third-order valence-electron chi connectivity index (χ3n) is 2.71. The molecule has 1 aromatic carbocycles. The topological polar surface area (TPSA) is 74.0 Å². The van der Waals surface area contributed by atoms with Crippen LogP contribution in [0.5, 0.6) is 0 Å². The van der Waals surface area contributed by atoms with Crippen molar-refractivity contribution in [2.24, 2.45) is 0 Å². The van der Waals surface area contributed by atoms with Crippen LogP contribution in [0.3, 0.4) is 0 Å². The molecular formula is C13H10BrN3O2. The number of anilines is 1. The zero-order valence-corrected chi connectivity index (χ0v) is 11.4. The van der Waals surface area contributed by atoms with Gasteiger partial charge in [-0.05, 0) is 34.1 Å². The third-order valence-corrected chi connectivity index (χ3v) is 3.18. The van der Waals surface area contributed by atoms with E-state index in [0.717, 1.165) is 9.99 Å². The Morgan fingerprint density at radius 2 is 2.16 bits per heavy atom. The Labute approximate surface area is 116 Å². The van der Waals surface area contributed by atoms with E-state index >= 15 is 0 Å². The van der Waals surface area contributed by atoms with E-state index in [-0.39, 0.29) is 12.1 Å². The zero-order valence-electron chi connectivity index (χ0n) is 9.84. The maximum Gasteiger partial charge on any atom is 0.251 e. The van der Waals surface area contributed by atoms with Crippen LogP contribution >= 0.6 is 15.9 Å². The first-order chi connectivity index (χ1) is 9.11. The largest absolute Gasteiger partial charge is 0.439 e. The summed E-state index contributed by atoms with van der Waals surface area (Å²) in [6, 6.07) is 8.47. The lowest BCUT2D eigenvalue weighted by Gasteiger charge is -2.01. The van der Waals surface area contributed by atoms with Gasteiger partial charge in [0, 0.05) is 28.5 Å². The Balaban J connectivity index is 2.01. The molecule has 96 valence electrons. The summed E-state index contributed by atoms with van der Waals surface area (Å²) in [5, 5.41) is 0. The van der Waals surface area contributed by atoms with Crippen molar-refractivity contribution >= 4 is 32.7 Å². The van der Waals surface area contributed by atoms with Gasteiger partial charge in [0.1, 0.15) is 12.1 Å². The number of pyridine rings is 1. The average molecular weight is 320 g/mol. The van der Waals surface area contributed by atoms with Crippen LogP contribution < -0.4 is 11.3 Å². The van der Waals surface area contributed by atoms with Crippen molar-refractivity contribution in [1.82, 2.24) is 9.55 Å². The first-order valence-corrected chi connectivity index (χ1v) is 6.42. The van der Waals surface area contributed by atoms with Gasteiger partial charge in [0.15, 0.2) is 5.58 Å². The molecule has 0 saturated heterocycles. The minimum Gasteiger partial charge on any atom is -0.439 e. The van der Waals surface area contributed by atoms with Gasteiger partial charge in [-0.1, -0.05) is 0 Å². The van der Waals surface area contributed by atoms with E-state index in [4.69, 9.17) is 10.2 Å². The number of benzene rings is 1. The highest BCUT2D eigenvalue weighted by atomic mass is 79.9. The highest BCUT2D eigenvalue weighted by molar-refractivity contribution is 9.10. The van der Waals surface area contributed by atoms with E-state index in [0.29, 0.717) is 17.2 Å². The van der Waals surface area contributed by atoms with Crippen molar-refractivity contribution in [2.45, 2.75) is 6.54 Å². The van der Waals surface area contributed by atoms with E-state index in [1.54, 1.807) is 30.5 Å². The summed E-state index contributed by atoms with van der Waals surface area (Å²) in [6.07, 6.45) is 1.70. The summed E-state index contributed by atoms with van der Waals surface area (Å²) in [4.78, 5) is 16.0. The lowest BCUT2D eigenvalue weighted by molar-refractivity contribution is 0.504. The lowest BCUT2D eigenvalue weighted by Crippen LogP contribution is -2.18. The summed E-state index contributed by atoms with van der Waals surface area (Å²) in [6.45, 7) is 0.285. The number of nitrogens with two attached hydrogens (primary N) is 1. The molecule has 0 radical (unpaired) electrons. The van der Waals surface area contributed by atoms with E-state index in [2.05, 4.69) is 20.9 Å². The molecule has 5 nitrogen and oxygen atoms in total. The summed E-state index contributed by atoms with van der Waals surface area (Å²) in [5.41, 5.74) is 7.55. The molecule has 0 bridgehead atoms. The first kappa shape index (κ1) is 12.0. The molecule has 0 unspecified atom stereocenters. The van der Waals surface area contributed by atoms with Gasteiger partial charge < -0.3 is 14.7 Å². The highest BCUT2D eigenvalue weighted by Gasteiger charge is 2.07. The molecule has 0 aliphatic carbocycles. The van der Waals surface area contributed by atoms with Crippen LogP contribution in [0.2, 0.25) is 0 Å². The van der Waals surface area contributed by atoms with Gasteiger partial charge >= 0.3 is 0 Å². The van der Waals surface area contributed by atoms with Crippen LogP contribution in [0.1, 0.15) is 5.89 Å². The molecule has 0 atom stereocenters. The van der Waals surface area contributed by atoms with E-state index in [1.165, 1.54) is 10.6 Å². The van der Waals surface area contributed by atoms with Gasteiger partial charge in [0.05, 0.1) is 0 Å². The van der Waals surface area contributed by atoms with E-state index in [1.807, 2.05) is 0 Å². The molecule has 19 heavy (non-hydrogen) atoms. The van der Waals surface area contributed by atoms with Crippen molar-refractivity contribution in [3.63, 3.8) is 0 Å². The second kappa shape index (κ2) is 4.55. The molecule has 3 rings (SSSR count). The van der Waals surface area contributed by atoms with Gasteiger partial charge in [-0.25, -0.2) is 4.98 Å². The number of aromatic nitrogens is 2. The maximum atomic E-state index is 11.7. The monoisotopic (exact) mass is 319 g/mol. The minimum absolute atomic E-state index is 0.107. The normalized spacial score (nSPS) is 11.0. The van der Waals surface area contributed by atoms with Crippen molar-refractivity contribution in [3.05, 3.63) is 57.2 Å². The summed E-state index contributed by atoms with van der Waals surface area (Å²) in [7, 11) is 0. The molecular weight excluding hydrogens is 310 g/mol. The zero-order chi connectivity index (χ0) is 13.4. The summed E-state index contributed by atoms with van der Waals surface area (Å²) >= 11 is 3.33. The summed E-state index contributed by atoms with van der Waals surface area (Å²) in [5.74, 6) is 0.473. The molecule has 0 spiro atoms. The first-order valence-electron chi connectivity index (χ1n) is 5.63. The van der Waals surface area contributed by atoms with Crippen LogP contribution in [0, 0.1) is 0 Å². The van der Waals surface area contributed by atoms with Crippen molar-refractivity contribution in [2.75, 3.05) is 5.73 Å². The van der Waals surface area contributed by atoms with Crippen molar-refractivity contribution in [3.8, 4) is 0 Å². The minimum atomic E-state index is -0.107. The summed E-state index contributed by atoms with van der Waals surface area (Å²) < 4.78 is 7.93. The number of nitrogens with zero attached hydrogens (tertiary/aromatic N) is 2. The fraction of sp³-hybridized carbons (Fsp3) is 0.0769. The molecule has 6 heteroatoms. The van der Waals surface area contributed by atoms with Gasteiger partial charge in [-0.3, -0.25) is 4.79 Å². The predicted octanol–water partition coefficient (Wildman–Crippen LogP) is 2.38. The second-order valence-corrected chi connectivity index (χ2v) is 5.06. The number of nitrogen functional groups attached to an aromatic ring is 1. The molecule has 3 aromatic rings. The standard InChI is InChI=1S/C13H10BrN3O2/c14-8-1-4-13(18)17(6-8)7-12-16-10-3-2-9(15)5-11(10)19-12/h1-6H,7,15H2. The number of rotatable bonds is 2. The van der Waals surface area contributed by atoms with Gasteiger partial charge in [-0.2, -0.15) is 0 Å². The van der Waals surface area contributed by atoms with E-state index in [9.17, 15) is 4.79 Å². The Kier molecular flexibility index (Phi) is 2.87. The number of fused-ring (bicyclic) bond motifs is 1. The smallest absolute Gasteiger partial charge is 0.251 e. The molecule has 0 amide bonds. The number of halogens is 1.